The van der Waals surface area contributed by atoms with Crippen molar-refractivity contribution in [2.24, 2.45) is 11.3 Å². The average Bonchev–Trinajstić information content (AvgIpc) is 3.28. The summed E-state index contributed by atoms with van der Waals surface area (Å²) in [6.07, 6.45) is -7.17. The summed E-state index contributed by atoms with van der Waals surface area (Å²) in [5.74, 6) is -1.79. The molecular weight excluding hydrogens is 507 g/mol. The number of nitrogens with one attached hydrogen (secondary N) is 1. The smallest absolute Gasteiger partial charge is 0.380 e. The van der Waals surface area contributed by atoms with Gasteiger partial charge in [0, 0.05) is 24.0 Å². The first-order chi connectivity index (χ1) is 17.0. The summed E-state index contributed by atoms with van der Waals surface area (Å²) >= 11 is 0. The van der Waals surface area contributed by atoms with Gasteiger partial charge in [0.25, 0.3) is 5.91 Å². The fraction of sp³-hybridized carbons (Fsp3) is 0.500. The highest BCUT2D eigenvalue weighted by Gasteiger charge is 2.57. The molecule has 1 amide bonds. The van der Waals surface area contributed by atoms with Crippen LogP contribution in [0.5, 0.6) is 0 Å². The fourth-order valence-corrected chi connectivity index (χ4v) is 5.44. The zero-order valence-corrected chi connectivity index (χ0v) is 19.9. The van der Waals surface area contributed by atoms with E-state index >= 15 is 0 Å². The molecule has 37 heavy (non-hydrogen) atoms. The summed E-state index contributed by atoms with van der Waals surface area (Å²) in [5.41, 5.74) is -0.00699. The Hall–Kier alpha value is -2.84. The number of aliphatic hydroxyl groups is 1. The van der Waals surface area contributed by atoms with Crippen LogP contribution in [0.2, 0.25) is 0 Å². The van der Waals surface area contributed by atoms with Crippen molar-refractivity contribution in [2.45, 2.75) is 69.8 Å². The molecule has 1 saturated heterocycles. The Balaban J connectivity index is 1.66. The maximum Gasteiger partial charge on any atom is 0.416 e. The molecule has 1 aliphatic heterocycles. The molecule has 11 heteroatoms. The van der Waals surface area contributed by atoms with E-state index in [1.54, 1.807) is 0 Å². The SMILES string of the molecule is C[C@@]1([C@H]2C[C@](C)(O)C(=O)N2)CC[C@H](OCc2cc(C(F)(F)F)cc(C(F)(F)F)c2)[C@H]1C1=C=C=C(F)C=C1. The van der Waals surface area contributed by atoms with Gasteiger partial charge in [0.05, 0.1) is 23.8 Å². The standard InChI is InChI=1S/C26H24F7NO3/c1-23(20-12-24(2,36)22(35)34-20)8-7-19(21(23)15-3-5-18(27)6-4-15)37-13-14-9-16(25(28,29)30)11-17(10-14)26(31,32)33/h3,5,9-11,19-21,36H,7-8,12-13H2,1-2H3,(H,34,35)/t19-,20+,21+,23-,24-/m0/s1. The molecule has 1 heterocycles. The quantitative estimate of drug-likeness (QED) is 0.375. The first kappa shape index (κ1) is 27.2. The van der Waals surface area contributed by atoms with E-state index in [4.69, 9.17) is 4.74 Å². The second-order valence-electron chi connectivity index (χ2n) is 10.2. The molecule has 2 aliphatic carbocycles. The third-order valence-electron chi connectivity index (χ3n) is 7.42. The van der Waals surface area contributed by atoms with E-state index in [1.807, 2.05) is 6.92 Å². The van der Waals surface area contributed by atoms with Crippen molar-refractivity contribution >= 4 is 5.91 Å². The van der Waals surface area contributed by atoms with E-state index in [0.717, 1.165) is 6.08 Å². The predicted octanol–water partition coefficient (Wildman–Crippen LogP) is 5.77. The Morgan fingerprint density at radius 3 is 2.16 bits per heavy atom. The van der Waals surface area contributed by atoms with Gasteiger partial charge in [0.2, 0.25) is 0 Å². The number of alkyl halides is 6. The van der Waals surface area contributed by atoms with Crippen molar-refractivity contribution in [3.8, 4) is 0 Å². The topological polar surface area (TPSA) is 58.6 Å². The molecule has 0 radical (unpaired) electrons. The molecule has 4 rings (SSSR count). The third-order valence-corrected chi connectivity index (χ3v) is 7.42. The van der Waals surface area contributed by atoms with Crippen LogP contribution in [0, 0.1) is 11.3 Å². The van der Waals surface area contributed by atoms with Gasteiger partial charge in [-0.25, -0.2) is 0 Å². The lowest BCUT2D eigenvalue weighted by Crippen LogP contribution is -2.45. The van der Waals surface area contributed by atoms with Crippen LogP contribution < -0.4 is 5.32 Å². The Kier molecular flexibility index (Phi) is 6.74. The lowest BCUT2D eigenvalue weighted by Gasteiger charge is -2.39. The minimum Gasteiger partial charge on any atom is -0.380 e. The monoisotopic (exact) mass is 531 g/mol. The van der Waals surface area contributed by atoms with Gasteiger partial charge < -0.3 is 15.2 Å². The lowest BCUT2D eigenvalue weighted by molar-refractivity contribution is -0.143. The Bertz CT molecular complexity index is 1200. The zero-order valence-electron chi connectivity index (χ0n) is 19.9. The van der Waals surface area contributed by atoms with Crippen molar-refractivity contribution in [2.75, 3.05) is 0 Å². The average molecular weight is 531 g/mol. The van der Waals surface area contributed by atoms with Gasteiger partial charge in [-0.15, -0.1) is 0 Å². The lowest BCUT2D eigenvalue weighted by atomic mass is 9.68. The van der Waals surface area contributed by atoms with E-state index in [0.29, 0.717) is 30.5 Å². The number of halogens is 7. The van der Waals surface area contributed by atoms with E-state index in [9.17, 15) is 40.6 Å². The summed E-state index contributed by atoms with van der Waals surface area (Å²) in [7, 11) is 0. The molecule has 3 aliphatic rings. The molecule has 0 spiro atoms. The summed E-state index contributed by atoms with van der Waals surface area (Å²) in [6, 6.07) is 0.768. The Labute approximate surface area is 208 Å². The van der Waals surface area contributed by atoms with Crippen molar-refractivity contribution in [1.29, 1.82) is 0 Å². The second-order valence-corrected chi connectivity index (χ2v) is 10.2. The summed E-state index contributed by atoms with van der Waals surface area (Å²) in [5, 5.41) is 13.2. The number of hydrogen-bond donors (Lipinski definition) is 2. The van der Waals surface area contributed by atoms with Crippen molar-refractivity contribution in [3.63, 3.8) is 0 Å². The van der Waals surface area contributed by atoms with Crippen LogP contribution in [0.4, 0.5) is 30.7 Å². The fourth-order valence-electron chi connectivity index (χ4n) is 5.44. The maximum absolute atomic E-state index is 13.6. The number of ether oxygens (including phenoxy) is 1. The van der Waals surface area contributed by atoms with Crippen LogP contribution >= 0.6 is 0 Å². The highest BCUT2D eigenvalue weighted by Crippen LogP contribution is 2.53. The predicted molar refractivity (Wildman–Crippen MR) is 117 cm³/mol. The normalized spacial score (nSPS) is 31.9. The van der Waals surface area contributed by atoms with Gasteiger partial charge in [0.15, 0.2) is 5.83 Å². The summed E-state index contributed by atoms with van der Waals surface area (Å²) < 4.78 is 99.0. The first-order valence-electron chi connectivity index (χ1n) is 11.5. The van der Waals surface area contributed by atoms with Crippen molar-refractivity contribution in [1.82, 2.24) is 5.32 Å². The number of benzene rings is 1. The number of carbonyl (C=O) groups excluding carboxylic acids is 1. The van der Waals surface area contributed by atoms with Crippen molar-refractivity contribution < 1.29 is 45.4 Å². The highest BCUT2D eigenvalue weighted by molar-refractivity contribution is 5.87. The molecule has 1 saturated carbocycles. The van der Waals surface area contributed by atoms with Crippen LogP contribution in [0.1, 0.15) is 49.8 Å². The van der Waals surface area contributed by atoms with E-state index in [-0.39, 0.29) is 18.1 Å². The second kappa shape index (κ2) is 9.17. The van der Waals surface area contributed by atoms with Gasteiger partial charge in [-0.1, -0.05) is 12.7 Å². The van der Waals surface area contributed by atoms with Crippen LogP contribution in [0.3, 0.4) is 0 Å². The summed E-state index contributed by atoms with van der Waals surface area (Å²) in [6.45, 7) is 2.69. The Morgan fingerprint density at radius 1 is 1.05 bits per heavy atom. The minimum atomic E-state index is -4.99. The van der Waals surface area contributed by atoms with Gasteiger partial charge >= 0.3 is 12.4 Å². The van der Waals surface area contributed by atoms with Gasteiger partial charge in [-0.3, -0.25) is 4.79 Å². The third kappa shape index (κ3) is 5.41. The largest absolute Gasteiger partial charge is 0.416 e. The van der Waals surface area contributed by atoms with Crippen LogP contribution in [0.15, 0.2) is 53.2 Å². The van der Waals surface area contributed by atoms with Gasteiger partial charge in [-0.05, 0) is 66.8 Å². The number of hydrogen-bond acceptors (Lipinski definition) is 3. The molecule has 0 bridgehead atoms. The van der Waals surface area contributed by atoms with E-state index in [2.05, 4.69) is 16.8 Å². The molecular formula is C26H24F7NO3. The molecule has 0 aromatic heterocycles. The summed E-state index contributed by atoms with van der Waals surface area (Å²) in [4.78, 5) is 12.3. The Morgan fingerprint density at radius 2 is 1.68 bits per heavy atom. The molecule has 2 N–H and O–H groups in total. The van der Waals surface area contributed by atoms with E-state index < -0.39 is 70.9 Å². The molecule has 1 aromatic rings. The molecule has 1 aromatic carbocycles. The highest BCUT2D eigenvalue weighted by atomic mass is 19.4. The van der Waals surface area contributed by atoms with Crippen LogP contribution in [-0.2, 0) is 28.5 Å². The number of allylic oxidation sites excluding steroid dienone is 3. The zero-order chi connectivity index (χ0) is 27.4. The van der Waals surface area contributed by atoms with Crippen molar-refractivity contribution in [3.05, 3.63) is 69.9 Å². The molecule has 0 unspecified atom stereocenters. The van der Waals surface area contributed by atoms with Gasteiger partial charge in [0.1, 0.15) is 5.60 Å². The van der Waals surface area contributed by atoms with Gasteiger partial charge in [-0.2, -0.15) is 30.7 Å². The molecule has 4 nitrogen and oxygen atoms in total. The first-order valence-corrected chi connectivity index (χ1v) is 11.5. The number of amides is 1. The van der Waals surface area contributed by atoms with Crippen LogP contribution in [-0.4, -0.2) is 28.8 Å². The minimum absolute atomic E-state index is 0.0525. The molecule has 200 valence electrons. The molecule has 5 atom stereocenters. The van der Waals surface area contributed by atoms with Crippen LogP contribution in [0.25, 0.3) is 0 Å². The maximum atomic E-state index is 13.6. The number of rotatable bonds is 5. The number of carbonyl (C=O) groups is 1. The molecule has 2 fully saturated rings. The van der Waals surface area contributed by atoms with E-state index in [1.165, 1.54) is 13.0 Å².